The van der Waals surface area contributed by atoms with Crippen LogP contribution in [0.5, 0.6) is 0 Å². The van der Waals surface area contributed by atoms with E-state index in [1.165, 1.54) is 22.3 Å². The van der Waals surface area contributed by atoms with Gasteiger partial charge in [0, 0.05) is 31.0 Å². The van der Waals surface area contributed by atoms with Gasteiger partial charge in [-0.3, -0.25) is 9.59 Å². The van der Waals surface area contributed by atoms with Crippen molar-refractivity contribution in [3.05, 3.63) is 59.7 Å². The predicted octanol–water partition coefficient (Wildman–Crippen LogP) is 4.16. The van der Waals surface area contributed by atoms with Crippen molar-refractivity contribution in [3.8, 4) is 11.1 Å². The summed E-state index contributed by atoms with van der Waals surface area (Å²) in [4.78, 5) is 37.9. The topological polar surface area (TPSA) is 95.9 Å². The van der Waals surface area contributed by atoms with E-state index in [1.807, 2.05) is 24.3 Å². The molecule has 1 heterocycles. The van der Waals surface area contributed by atoms with Crippen LogP contribution in [0.25, 0.3) is 11.1 Å². The molecule has 0 bridgehead atoms. The van der Waals surface area contributed by atoms with E-state index in [9.17, 15) is 14.4 Å². The molecule has 3 aliphatic rings. The Hall–Kier alpha value is -3.35. The zero-order valence-electron chi connectivity index (χ0n) is 19.1. The van der Waals surface area contributed by atoms with E-state index >= 15 is 0 Å². The lowest BCUT2D eigenvalue weighted by molar-refractivity contribution is -0.140. The Bertz CT molecular complexity index is 1050. The summed E-state index contributed by atoms with van der Waals surface area (Å²) < 4.78 is 5.61. The second-order valence-corrected chi connectivity index (χ2v) is 9.69. The average molecular weight is 463 g/mol. The van der Waals surface area contributed by atoms with Gasteiger partial charge >= 0.3 is 12.1 Å². The predicted molar refractivity (Wildman–Crippen MR) is 126 cm³/mol. The van der Waals surface area contributed by atoms with Crippen LogP contribution in [0.3, 0.4) is 0 Å². The number of hydrogen-bond donors (Lipinski definition) is 2. The van der Waals surface area contributed by atoms with E-state index < -0.39 is 12.1 Å². The molecule has 2 fully saturated rings. The van der Waals surface area contributed by atoms with Gasteiger partial charge in [-0.05, 0) is 53.9 Å². The van der Waals surface area contributed by atoms with Crippen molar-refractivity contribution in [3.63, 3.8) is 0 Å². The van der Waals surface area contributed by atoms with Crippen LogP contribution in [0.4, 0.5) is 4.79 Å². The first kappa shape index (κ1) is 22.4. The van der Waals surface area contributed by atoms with E-state index in [-0.39, 0.29) is 42.9 Å². The van der Waals surface area contributed by atoms with Crippen LogP contribution in [0.2, 0.25) is 0 Å². The molecule has 7 heteroatoms. The second-order valence-electron chi connectivity index (χ2n) is 9.69. The standard InChI is InChI=1S/C27H30N2O5/c30-25(29-11-5-6-19(29)15-26(31)32)14-17-12-18(13-17)28-27(33)34-16-24-22-9-3-1-7-20(22)21-8-2-4-10-23(21)24/h1-4,7-10,17-19,24H,5-6,11-16H2,(H,28,33)(H,31,32). The van der Waals surface area contributed by atoms with Crippen molar-refractivity contribution in [1.82, 2.24) is 10.2 Å². The number of likely N-dealkylation sites (tertiary alicyclic amines) is 1. The van der Waals surface area contributed by atoms with Gasteiger partial charge in [-0.25, -0.2) is 4.79 Å². The summed E-state index contributed by atoms with van der Waals surface area (Å²) in [6, 6.07) is 16.3. The lowest BCUT2D eigenvalue weighted by Gasteiger charge is -2.36. The third-order valence-electron chi connectivity index (χ3n) is 7.47. The Morgan fingerprint density at radius 3 is 2.26 bits per heavy atom. The number of carboxylic acids is 1. The third kappa shape index (κ3) is 4.52. The fourth-order valence-corrected chi connectivity index (χ4v) is 5.77. The van der Waals surface area contributed by atoms with E-state index in [1.54, 1.807) is 4.90 Å². The molecule has 1 unspecified atom stereocenters. The minimum atomic E-state index is -0.860. The van der Waals surface area contributed by atoms with Crippen molar-refractivity contribution >= 4 is 18.0 Å². The second kappa shape index (κ2) is 9.49. The van der Waals surface area contributed by atoms with Crippen LogP contribution < -0.4 is 5.32 Å². The van der Waals surface area contributed by atoms with Crippen molar-refractivity contribution in [2.45, 2.75) is 56.5 Å². The number of fused-ring (bicyclic) bond motifs is 3. The largest absolute Gasteiger partial charge is 0.481 e. The molecule has 2 aliphatic carbocycles. The Morgan fingerprint density at radius 2 is 1.62 bits per heavy atom. The number of benzene rings is 2. The highest BCUT2D eigenvalue weighted by atomic mass is 16.5. The molecule has 34 heavy (non-hydrogen) atoms. The van der Waals surface area contributed by atoms with E-state index in [0.717, 1.165) is 25.7 Å². The number of carboxylic acid groups (broad SMARTS) is 1. The minimum Gasteiger partial charge on any atom is -0.481 e. The van der Waals surface area contributed by atoms with E-state index in [0.29, 0.717) is 13.0 Å². The number of rotatable bonds is 7. The molecule has 1 aliphatic heterocycles. The summed E-state index contributed by atoms with van der Waals surface area (Å²) in [6.07, 6.45) is 3.12. The molecular weight excluding hydrogens is 432 g/mol. The lowest BCUT2D eigenvalue weighted by atomic mass is 9.78. The van der Waals surface area contributed by atoms with Crippen LogP contribution >= 0.6 is 0 Å². The maximum Gasteiger partial charge on any atom is 0.407 e. The molecule has 2 N–H and O–H groups in total. The number of amides is 2. The molecule has 2 amide bonds. The highest BCUT2D eigenvalue weighted by Gasteiger charge is 2.36. The molecular formula is C27H30N2O5. The summed E-state index contributed by atoms with van der Waals surface area (Å²) in [7, 11) is 0. The highest BCUT2D eigenvalue weighted by Crippen LogP contribution is 2.44. The number of hydrogen-bond acceptors (Lipinski definition) is 4. The molecule has 1 saturated carbocycles. The SMILES string of the molecule is O=C(O)CC1CCCN1C(=O)CC1CC(NC(=O)OCC2c3ccccc3-c3ccccc32)C1. The van der Waals surface area contributed by atoms with Crippen LogP contribution in [0.1, 0.15) is 55.6 Å². The van der Waals surface area contributed by atoms with Gasteiger partial charge in [0.2, 0.25) is 5.91 Å². The molecule has 0 radical (unpaired) electrons. The summed E-state index contributed by atoms with van der Waals surface area (Å²) in [5.41, 5.74) is 4.76. The van der Waals surface area contributed by atoms with Gasteiger partial charge in [0.1, 0.15) is 6.61 Å². The molecule has 2 aromatic carbocycles. The number of nitrogens with one attached hydrogen (secondary N) is 1. The van der Waals surface area contributed by atoms with Crippen molar-refractivity contribution in [2.24, 2.45) is 5.92 Å². The fraction of sp³-hybridized carbons (Fsp3) is 0.444. The van der Waals surface area contributed by atoms with Gasteiger partial charge in [-0.2, -0.15) is 0 Å². The summed E-state index contributed by atoms with van der Waals surface area (Å²) in [5, 5.41) is 12.0. The molecule has 1 atom stereocenters. The van der Waals surface area contributed by atoms with Gasteiger partial charge in [0.15, 0.2) is 0 Å². The zero-order valence-corrected chi connectivity index (χ0v) is 19.1. The Morgan fingerprint density at radius 1 is 0.971 bits per heavy atom. The third-order valence-corrected chi connectivity index (χ3v) is 7.47. The first-order valence-corrected chi connectivity index (χ1v) is 12.1. The van der Waals surface area contributed by atoms with Crippen LogP contribution in [-0.4, -0.2) is 53.2 Å². The highest BCUT2D eigenvalue weighted by molar-refractivity contribution is 5.79. The number of ether oxygens (including phenoxy) is 1. The van der Waals surface area contributed by atoms with Gasteiger partial charge < -0.3 is 20.1 Å². The first-order valence-electron chi connectivity index (χ1n) is 12.1. The molecule has 0 aromatic heterocycles. The molecule has 0 spiro atoms. The number of alkyl carbamates (subject to hydrolysis) is 1. The Labute approximate surface area is 199 Å². The number of aliphatic carboxylic acids is 1. The Kier molecular flexibility index (Phi) is 6.26. The van der Waals surface area contributed by atoms with Gasteiger partial charge in [-0.1, -0.05) is 48.5 Å². The normalized spacial score (nSPS) is 23.1. The molecule has 7 nitrogen and oxygen atoms in total. The summed E-state index contributed by atoms with van der Waals surface area (Å²) >= 11 is 0. The van der Waals surface area contributed by atoms with Crippen LogP contribution in [0, 0.1) is 5.92 Å². The number of carbonyl (C=O) groups is 3. The quantitative estimate of drug-likeness (QED) is 0.644. The lowest BCUT2D eigenvalue weighted by Crippen LogP contribution is -2.46. The summed E-state index contributed by atoms with van der Waals surface area (Å²) in [6.45, 7) is 0.930. The van der Waals surface area contributed by atoms with Crippen LogP contribution in [0.15, 0.2) is 48.5 Å². The van der Waals surface area contributed by atoms with Crippen LogP contribution in [-0.2, 0) is 14.3 Å². The van der Waals surface area contributed by atoms with Crippen molar-refractivity contribution in [1.29, 1.82) is 0 Å². The van der Waals surface area contributed by atoms with Gasteiger partial charge in [-0.15, -0.1) is 0 Å². The Balaban J connectivity index is 1.08. The smallest absolute Gasteiger partial charge is 0.407 e. The van der Waals surface area contributed by atoms with Gasteiger partial charge in [0.25, 0.3) is 0 Å². The van der Waals surface area contributed by atoms with E-state index in [2.05, 4.69) is 29.6 Å². The monoisotopic (exact) mass is 462 g/mol. The average Bonchev–Trinajstić information content (AvgIpc) is 3.38. The summed E-state index contributed by atoms with van der Waals surface area (Å²) in [5.74, 6) is -0.573. The fourth-order valence-electron chi connectivity index (χ4n) is 5.77. The molecule has 5 rings (SSSR count). The van der Waals surface area contributed by atoms with E-state index in [4.69, 9.17) is 9.84 Å². The maximum absolute atomic E-state index is 12.6. The van der Waals surface area contributed by atoms with Crippen molar-refractivity contribution < 1.29 is 24.2 Å². The molecule has 2 aromatic rings. The molecule has 178 valence electrons. The van der Waals surface area contributed by atoms with Gasteiger partial charge in [0.05, 0.1) is 6.42 Å². The van der Waals surface area contributed by atoms with Crippen molar-refractivity contribution in [2.75, 3.05) is 13.2 Å². The number of nitrogens with zero attached hydrogens (tertiary/aromatic N) is 1. The maximum atomic E-state index is 12.6. The first-order chi connectivity index (χ1) is 16.5. The molecule has 1 saturated heterocycles. The number of carbonyl (C=O) groups excluding carboxylic acids is 2. The minimum absolute atomic E-state index is 0.0156. The zero-order chi connectivity index (χ0) is 23.7.